The van der Waals surface area contributed by atoms with E-state index < -0.39 is 35.0 Å². The maximum Gasteiger partial charge on any atom is 0.416 e. The Labute approximate surface area is 147 Å². The molecule has 0 radical (unpaired) electrons. The summed E-state index contributed by atoms with van der Waals surface area (Å²) in [7, 11) is 0. The van der Waals surface area contributed by atoms with Crippen molar-refractivity contribution in [3.63, 3.8) is 0 Å². The molecule has 24 heavy (non-hydrogen) atoms. The second-order valence-electron chi connectivity index (χ2n) is 5.19. The highest BCUT2D eigenvalue weighted by molar-refractivity contribution is 9.10. The number of hydrogen-bond acceptors (Lipinski definition) is 5. The molecule has 2 rings (SSSR count). The van der Waals surface area contributed by atoms with Crippen LogP contribution in [0.25, 0.3) is 0 Å². The molecular weight excluding hydrogens is 419 g/mol. The molecule has 10 heteroatoms. The highest BCUT2D eigenvalue weighted by atomic mass is 79.9. The van der Waals surface area contributed by atoms with Crippen molar-refractivity contribution in [1.82, 2.24) is 0 Å². The van der Waals surface area contributed by atoms with Crippen molar-refractivity contribution in [2.45, 2.75) is 25.8 Å². The van der Waals surface area contributed by atoms with E-state index in [4.69, 9.17) is 21.1 Å². The average molecular weight is 429 g/mol. The van der Waals surface area contributed by atoms with Crippen molar-refractivity contribution in [1.29, 1.82) is 0 Å². The molecule has 1 heterocycles. The first kappa shape index (κ1) is 18.6. The van der Waals surface area contributed by atoms with Crippen LogP contribution < -0.4 is 5.32 Å². The molecule has 0 saturated carbocycles. The molecule has 1 saturated heterocycles. The fourth-order valence-corrected chi connectivity index (χ4v) is 2.76. The van der Waals surface area contributed by atoms with Crippen LogP contribution in [0.4, 0.5) is 18.9 Å². The lowest BCUT2D eigenvalue weighted by molar-refractivity contribution is -0.222. The van der Waals surface area contributed by atoms with Crippen molar-refractivity contribution in [2.75, 3.05) is 5.32 Å². The second kappa shape index (κ2) is 6.29. The molecular formula is C14H10BrClF3NO4. The van der Waals surface area contributed by atoms with Gasteiger partial charge in [0.25, 0.3) is 5.79 Å². The summed E-state index contributed by atoms with van der Waals surface area (Å²) < 4.78 is 47.9. The number of ether oxygens (including phenoxy) is 2. The molecule has 0 atom stereocenters. The van der Waals surface area contributed by atoms with E-state index in [2.05, 4.69) is 21.2 Å². The molecule has 0 amide bonds. The largest absolute Gasteiger partial charge is 0.419 e. The topological polar surface area (TPSA) is 64.6 Å². The van der Waals surface area contributed by atoms with Crippen LogP contribution in [0, 0.1) is 0 Å². The van der Waals surface area contributed by atoms with Gasteiger partial charge in [0.05, 0.1) is 16.3 Å². The van der Waals surface area contributed by atoms with Gasteiger partial charge >= 0.3 is 18.1 Å². The van der Waals surface area contributed by atoms with Crippen LogP contribution in [0.2, 0.25) is 5.02 Å². The molecule has 0 aromatic heterocycles. The lowest BCUT2D eigenvalue weighted by Crippen LogP contribution is -2.42. The summed E-state index contributed by atoms with van der Waals surface area (Å²) >= 11 is 8.78. The van der Waals surface area contributed by atoms with Crippen LogP contribution >= 0.6 is 27.5 Å². The van der Waals surface area contributed by atoms with Crippen molar-refractivity contribution < 1.29 is 32.2 Å². The lowest BCUT2D eigenvalue weighted by Gasteiger charge is -2.29. The summed E-state index contributed by atoms with van der Waals surface area (Å²) in [5.41, 5.74) is -1.35. The quantitative estimate of drug-likeness (QED) is 0.433. The molecule has 0 spiro atoms. The Balaban J connectivity index is 2.29. The number of esters is 2. The van der Waals surface area contributed by atoms with Gasteiger partial charge in [-0.1, -0.05) is 11.6 Å². The number of nitrogens with one attached hydrogen (secondary N) is 1. The number of cyclic esters (lactones) is 2. The molecule has 1 aliphatic rings. The van der Waals surface area contributed by atoms with E-state index in [0.717, 1.165) is 12.3 Å². The number of rotatable bonds is 2. The summed E-state index contributed by atoms with van der Waals surface area (Å²) in [6.07, 6.45) is -3.61. The fourth-order valence-electron chi connectivity index (χ4n) is 1.80. The van der Waals surface area contributed by atoms with E-state index in [0.29, 0.717) is 6.07 Å². The summed E-state index contributed by atoms with van der Waals surface area (Å²) in [5, 5.41) is 2.25. The smallest absolute Gasteiger partial charge is 0.416 e. The minimum atomic E-state index is -4.56. The van der Waals surface area contributed by atoms with E-state index in [1.165, 1.54) is 13.8 Å². The number of benzene rings is 1. The zero-order chi connectivity index (χ0) is 18.3. The van der Waals surface area contributed by atoms with Crippen LogP contribution in [0.5, 0.6) is 0 Å². The first-order valence-corrected chi connectivity index (χ1v) is 7.57. The van der Waals surface area contributed by atoms with Gasteiger partial charge in [0.1, 0.15) is 0 Å². The van der Waals surface area contributed by atoms with Crippen molar-refractivity contribution in [2.24, 2.45) is 0 Å². The fraction of sp³-hybridized carbons (Fsp3) is 0.286. The van der Waals surface area contributed by atoms with E-state index in [1.807, 2.05) is 0 Å². The summed E-state index contributed by atoms with van der Waals surface area (Å²) in [5.74, 6) is -3.25. The van der Waals surface area contributed by atoms with Gasteiger partial charge in [-0.05, 0) is 28.1 Å². The SMILES string of the molecule is CC1(C)OC(=O)C(=CNc2c(Cl)cc(C(F)(F)F)cc2Br)C(=O)O1. The van der Waals surface area contributed by atoms with Crippen LogP contribution in [0.15, 0.2) is 28.4 Å². The number of anilines is 1. The number of hydrogen-bond donors (Lipinski definition) is 1. The molecule has 1 aromatic carbocycles. The third kappa shape index (κ3) is 4.02. The first-order valence-electron chi connectivity index (χ1n) is 6.40. The highest BCUT2D eigenvalue weighted by Crippen LogP contribution is 2.38. The van der Waals surface area contributed by atoms with Gasteiger partial charge in [0.2, 0.25) is 0 Å². The zero-order valence-electron chi connectivity index (χ0n) is 12.3. The molecule has 0 bridgehead atoms. The van der Waals surface area contributed by atoms with E-state index in [9.17, 15) is 22.8 Å². The van der Waals surface area contributed by atoms with Crippen LogP contribution in [-0.2, 0) is 25.2 Å². The Kier molecular flexibility index (Phi) is 4.87. The predicted molar refractivity (Wildman–Crippen MR) is 82.1 cm³/mol. The predicted octanol–water partition coefficient (Wildman–Crippen LogP) is 4.25. The maximum absolute atomic E-state index is 12.7. The van der Waals surface area contributed by atoms with Crippen molar-refractivity contribution >= 4 is 45.2 Å². The molecule has 0 aliphatic carbocycles. The molecule has 1 aliphatic heterocycles. The maximum atomic E-state index is 12.7. The van der Waals surface area contributed by atoms with Crippen LogP contribution in [-0.4, -0.2) is 17.7 Å². The van der Waals surface area contributed by atoms with Gasteiger partial charge in [-0.3, -0.25) is 0 Å². The first-order chi connectivity index (χ1) is 10.9. The van der Waals surface area contributed by atoms with E-state index in [-0.39, 0.29) is 15.2 Å². The monoisotopic (exact) mass is 427 g/mol. The van der Waals surface area contributed by atoms with Gasteiger partial charge in [-0.15, -0.1) is 0 Å². The highest BCUT2D eigenvalue weighted by Gasteiger charge is 2.39. The standard InChI is InChI=1S/C14H10BrClF3NO4/c1-13(2)23-11(21)7(12(22)24-13)5-20-10-8(15)3-6(4-9(10)16)14(17,18)19/h3-5,20H,1-2H3. The Bertz CT molecular complexity index is 701. The molecule has 130 valence electrons. The second-order valence-corrected chi connectivity index (χ2v) is 6.46. The Morgan fingerprint density at radius 1 is 1.21 bits per heavy atom. The molecule has 1 fully saturated rings. The number of halogens is 5. The number of carbonyl (C=O) groups is 2. The van der Waals surface area contributed by atoms with Crippen LogP contribution in [0.1, 0.15) is 19.4 Å². The van der Waals surface area contributed by atoms with Gasteiger partial charge in [0, 0.05) is 24.5 Å². The minimum Gasteiger partial charge on any atom is -0.419 e. The third-order valence-corrected chi connectivity index (χ3v) is 3.77. The number of alkyl halides is 3. The summed E-state index contributed by atoms with van der Waals surface area (Å²) in [6, 6.07) is 1.53. The van der Waals surface area contributed by atoms with Gasteiger partial charge < -0.3 is 14.8 Å². The summed E-state index contributed by atoms with van der Waals surface area (Å²) in [4.78, 5) is 23.5. The van der Waals surface area contributed by atoms with Crippen molar-refractivity contribution in [3.8, 4) is 0 Å². The lowest BCUT2D eigenvalue weighted by atomic mass is 10.2. The molecule has 1 N–H and O–H groups in total. The van der Waals surface area contributed by atoms with Gasteiger partial charge in [-0.2, -0.15) is 13.2 Å². The molecule has 5 nitrogen and oxygen atoms in total. The number of carbonyl (C=O) groups excluding carboxylic acids is 2. The van der Waals surface area contributed by atoms with E-state index >= 15 is 0 Å². The average Bonchev–Trinajstić information content (AvgIpc) is 2.37. The third-order valence-electron chi connectivity index (χ3n) is 2.85. The molecule has 1 aromatic rings. The summed E-state index contributed by atoms with van der Waals surface area (Å²) in [6.45, 7) is 2.77. The Morgan fingerprint density at radius 3 is 2.21 bits per heavy atom. The molecule has 0 unspecified atom stereocenters. The van der Waals surface area contributed by atoms with Gasteiger partial charge in [-0.25, -0.2) is 9.59 Å². The normalized spacial score (nSPS) is 17.2. The van der Waals surface area contributed by atoms with Gasteiger partial charge in [0.15, 0.2) is 5.57 Å². The zero-order valence-corrected chi connectivity index (χ0v) is 14.6. The van der Waals surface area contributed by atoms with E-state index in [1.54, 1.807) is 0 Å². The Morgan fingerprint density at radius 2 is 1.75 bits per heavy atom. The van der Waals surface area contributed by atoms with Crippen LogP contribution in [0.3, 0.4) is 0 Å². The minimum absolute atomic E-state index is 0.00273. The Hall–Kier alpha value is -1.74. The van der Waals surface area contributed by atoms with Crippen molar-refractivity contribution in [3.05, 3.63) is 39.0 Å².